The molecule has 2 atom stereocenters. The van der Waals surface area contributed by atoms with Crippen LogP contribution in [0.5, 0.6) is 0 Å². The smallest absolute Gasteiger partial charge is 0.151 e. The quantitative estimate of drug-likeness (QED) is 0.0671. The van der Waals surface area contributed by atoms with Crippen LogP contribution in [0.1, 0.15) is 114 Å². The molecule has 1 saturated heterocycles. The van der Waals surface area contributed by atoms with E-state index >= 15 is 0 Å². The minimum atomic E-state index is 0.914. The second-order valence-corrected chi connectivity index (χ2v) is 32.2. The van der Waals surface area contributed by atoms with Crippen LogP contribution in [0.25, 0.3) is 22.0 Å². The van der Waals surface area contributed by atoms with Crippen molar-refractivity contribution in [3.05, 3.63) is 283 Å². The van der Waals surface area contributed by atoms with Crippen molar-refractivity contribution in [2.75, 3.05) is 137 Å². The monoisotopic (exact) mass is 1700 g/mol. The minimum absolute atomic E-state index is 0.914. The van der Waals surface area contributed by atoms with Gasteiger partial charge in [-0.2, -0.15) is 20.5 Å². The fourth-order valence-electron chi connectivity index (χ4n) is 15.6. The summed E-state index contributed by atoms with van der Waals surface area (Å²) in [5.41, 5.74) is 17.2. The number of hydrogen-bond acceptors (Lipinski definition) is 28. The zero-order chi connectivity index (χ0) is 85.0. The number of thioether (sulfide) groups is 1. The Balaban J connectivity index is 0.000000110. The lowest BCUT2D eigenvalue weighted by molar-refractivity contribution is 0.504. The van der Waals surface area contributed by atoms with E-state index in [1.54, 1.807) is 37.4 Å². The molecule has 13 N–H and O–H groups in total. The molecule has 2 bridgehead atoms. The van der Waals surface area contributed by atoms with Crippen molar-refractivity contribution in [2.24, 2.45) is 5.92 Å². The number of aromatic nitrogens is 15. The van der Waals surface area contributed by atoms with Gasteiger partial charge >= 0.3 is 0 Å². The molecule has 22 heterocycles. The molecule has 648 valence electrons. The number of benzene rings is 3. The molecule has 11 aliphatic heterocycles. The number of aryl methyl sites for hydroxylation is 6. The average Bonchev–Trinajstić information content (AvgIpc) is 1.53. The van der Waals surface area contributed by atoms with Gasteiger partial charge in [-0.1, -0.05) is 72.8 Å². The summed E-state index contributed by atoms with van der Waals surface area (Å²) in [4.78, 5) is 42.7. The second kappa shape index (κ2) is 49.9. The molecule has 3 aromatic carbocycles. The maximum absolute atomic E-state index is 5.12. The van der Waals surface area contributed by atoms with Gasteiger partial charge in [0.15, 0.2) is 5.82 Å². The number of anilines is 10. The molecule has 2 unspecified atom stereocenters. The van der Waals surface area contributed by atoms with E-state index < -0.39 is 0 Å². The molecule has 0 amide bonds. The van der Waals surface area contributed by atoms with Crippen LogP contribution in [0.15, 0.2) is 242 Å². The number of para-hydroxylation sites is 3. The summed E-state index contributed by atoms with van der Waals surface area (Å²) in [6, 6.07) is 51.6. The van der Waals surface area contributed by atoms with Gasteiger partial charge in [0, 0.05) is 167 Å². The molecule has 0 spiro atoms. The van der Waals surface area contributed by atoms with Gasteiger partial charge in [0.05, 0.1) is 23.8 Å². The van der Waals surface area contributed by atoms with Crippen LogP contribution >= 0.6 is 11.8 Å². The molecule has 11 aromatic heterocycles. The molecule has 2 fully saturated rings. The number of H-pyrrole nitrogens is 1. The van der Waals surface area contributed by atoms with E-state index in [1.807, 2.05) is 158 Å². The van der Waals surface area contributed by atoms with Crippen molar-refractivity contribution < 1.29 is 4.42 Å². The summed E-state index contributed by atoms with van der Waals surface area (Å²) >= 11 is 1.86. The van der Waals surface area contributed by atoms with E-state index in [9.17, 15) is 0 Å². The summed E-state index contributed by atoms with van der Waals surface area (Å²) < 4.78 is 5.12. The predicted molar refractivity (Wildman–Crippen MR) is 506 cm³/mol. The lowest BCUT2D eigenvalue weighted by Gasteiger charge is -2.17. The highest BCUT2D eigenvalue weighted by Crippen LogP contribution is 2.31. The molecule has 26 rings (SSSR count). The van der Waals surface area contributed by atoms with Gasteiger partial charge in [-0.3, -0.25) is 9.97 Å². The first kappa shape index (κ1) is 88.3. The lowest BCUT2D eigenvalue weighted by atomic mass is 10.0. The number of fused-ring (bicyclic) bond motifs is 14. The van der Waals surface area contributed by atoms with Gasteiger partial charge in [-0.25, -0.2) is 39.9 Å². The summed E-state index contributed by atoms with van der Waals surface area (Å²) in [5.74, 6) is 10.4. The Morgan fingerprint density at radius 2 is 0.896 bits per heavy atom. The van der Waals surface area contributed by atoms with Gasteiger partial charge in [0.1, 0.15) is 63.7 Å². The third kappa shape index (κ3) is 28.5. The van der Waals surface area contributed by atoms with Crippen LogP contribution in [-0.2, 0) is 57.9 Å². The molecule has 12 aliphatic rings. The summed E-state index contributed by atoms with van der Waals surface area (Å²) in [6.45, 7) is 13.9. The summed E-state index contributed by atoms with van der Waals surface area (Å²) in [7, 11) is 0. The second-order valence-electron chi connectivity index (χ2n) is 31.1. The maximum atomic E-state index is 5.12. The van der Waals surface area contributed by atoms with Gasteiger partial charge < -0.3 is 68.2 Å². The summed E-state index contributed by atoms with van der Waals surface area (Å²) in [6.07, 6.45) is 45.4. The molecule has 1 aliphatic carbocycles. The first-order valence-electron chi connectivity index (χ1n) is 44.3. The van der Waals surface area contributed by atoms with Crippen molar-refractivity contribution in [2.45, 2.75) is 133 Å². The Morgan fingerprint density at radius 3 is 1.57 bits per heavy atom. The van der Waals surface area contributed by atoms with Crippen LogP contribution < -0.4 is 63.8 Å². The van der Waals surface area contributed by atoms with Gasteiger partial charge in [0.25, 0.3) is 0 Å². The van der Waals surface area contributed by atoms with Crippen LogP contribution in [-0.4, -0.2) is 166 Å². The third-order valence-electron chi connectivity index (χ3n) is 22.2. The van der Waals surface area contributed by atoms with Crippen LogP contribution in [0, 0.1) is 5.92 Å². The predicted octanol–water partition coefficient (Wildman–Crippen LogP) is 16.3. The molecule has 1 saturated carbocycles. The molecule has 14 aromatic rings. The van der Waals surface area contributed by atoms with E-state index in [0.717, 1.165) is 202 Å². The largest absolute Gasteiger partial charge is 0.464 e. The lowest BCUT2D eigenvalue weighted by Crippen LogP contribution is -2.23. The number of nitrogens with one attached hydrogen (secondary N) is 13. The van der Waals surface area contributed by atoms with Crippen molar-refractivity contribution in [3.8, 4) is 0 Å². The van der Waals surface area contributed by atoms with Crippen LogP contribution in [0.2, 0.25) is 0 Å². The molecule has 29 heteroatoms. The Hall–Kier alpha value is -13.0. The van der Waals surface area contributed by atoms with E-state index in [1.165, 1.54) is 152 Å². The molecule has 28 nitrogen and oxygen atoms in total. The van der Waals surface area contributed by atoms with E-state index in [4.69, 9.17) is 4.42 Å². The maximum Gasteiger partial charge on any atom is 0.151 e. The van der Waals surface area contributed by atoms with Gasteiger partial charge in [-0.15, -0.1) is 16.9 Å². The zero-order valence-electron chi connectivity index (χ0n) is 71.3. The minimum Gasteiger partial charge on any atom is -0.464 e. The van der Waals surface area contributed by atoms with Crippen molar-refractivity contribution in [1.29, 1.82) is 0 Å². The Labute approximate surface area is 737 Å². The van der Waals surface area contributed by atoms with Gasteiger partial charge in [0.2, 0.25) is 0 Å². The highest BCUT2D eigenvalue weighted by molar-refractivity contribution is 7.99. The molecule has 125 heavy (non-hydrogen) atoms. The highest BCUT2D eigenvalue weighted by Gasteiger charge is 2.30. The first-order chi connectivity index (χ1) is 62.0. The summed E-state index contributed by atoms with van der Waals surface area (Å²) in [5, 5.41) is 58.3. The van der Waals surface area contributed by atoms with E-state index in [0.29, 0.717) is 0 Å². The zero-order valence-corrected chi connectivity index (χ0v) is 72.1. The fraction of sp³-hybridized carbons (Fsp3) is 0.354. The number of hydrogen-bond donors (Lipinski definition) is 13. The normalized spacial score (nSPS) is 16.6. The number of furan rings is 1. The Bertz CT molecular complexity index is 4490. The molecular weight excluding hydrogens is 1580 g/mol. The Kier molecular flexibility index (Phi) is 35.3. The number of piperidine rings is 1. The van der Waals surface area contributed by atoms with Crippen LogP contribution in [0.3, 0.4) is 0 Å². The SMILES string of the molecule is C1CC2CC1CN2.c1cc2c(cn1)CCCN2.c1cc2c(nn1)NCCC2.c1ccc2c(c1)CCNC2.c1ccc2n[nH]nc2c1.c1ccc2occc2c1.c1cnc2c(c1)CCCCN2.c1cnc2c(c1)CCCN2.c1cnc2c(c1)CCN2.c1cnc2c(c1)NCCN2.c1cnc2c(c1)SCCN2.c1cnc2c(n1)CCCN2.c1ncc2c(n1)NCCC2. The third-order valence-corrected chi connectivity index (χ3v) is 23.2. The standard InChI is InChI=1S/C9H12N2.C9H11N.2C8H10N2.C8H6O.4C7H9N3.C7H8N2S.C7H8N2.C6H5N3.C6H11N/c1-2-6-10-9-8(4-1)5-3-7-11-9;1-2-4-9-7-10-6-5-8(9)3-1;1-3-7-4-2-6-10-8(7)9-5-1;1-2-7-6-9-5-3-8(7)10-4-1;1-2-4-8-7(3-1)5-6-9-8;1-2-6-3-5-9-10-7(6)8-4-1;1-2-6-4-8-5-10-7(6)9-3-1;2*1-2-6-7(9-3-1)10-5-4-8-6;1-2-6-7(8-3-1)9-4-5-10-6;1-2-6-3-5-9-7(6)8-4-1;1-2-4-6-5(3-1)7-9-8-6;1-2-6-3-5(1)4-7-6/h3,5,7H,1-2,4,6H2,(H,10,11);1-4,10H,5-7H2;1,3,5H,2,4,6H2,(H,9,10);3,5-6,10H,1-2,4H2;1-6H;3,5H,1-2,4H2,(H,8,10);4-5H,1-3H2,(H,8,9,10);4-5H,1-3H2,(H,9,10);1-3,8H,4-5H2,(H,9,10);1-3H,4-5H2,(H,8,9);1-2,4H,3,5H2,(H,8,9);1-4H,(H,7,8,9);5-7H,1-4H2. The number of aromatic amines is 1. The van der Waals surface area contributed by atoms with Crippen molar-refractivity contribution in [3.63, 3.8) is 0 Å². The highest BCUT2D eigenvalue weighted by atomic mass is 32.2. The van der Waals surface area contributed by atoms with Crippen molar-refractivity contribution >= 4 is 91.7 Å². The average molecular weight is 1700 g/mol. The fourth-order valence-corrected chi connectivity index (χ4v) is 16.5. The Morgan fingerprint density at radius 1 is 0.344 bits per heavy atom. The van der Waals surface area contributed by atoms with E-state index in [2.05, 4.69) is 188 Å². The topological polar surface area (TPSA) is 354 Å². The van der Waals surface area contributed by atoms with Gasteiger partial charge in [-0.05, 0) is 252 Å². The first-order valence-corrected chi connectivity index (χ1v) is 45.3. The van der Waals surface area contributed by atoms with Crippen molar-refractivity contribution in [1.82, 2.24) is 86.1 Å². The molecule has 0 radical (unpaired) electrons. The number of rotatable bonds is 0. The van der Waals surface area contributed by atoms with Crippen LogP contribution in [0.4, 0.5) is 57.9 Å². The molecular formula is C96H117N27OS. The number of pyridine rings is 6. The number of nitrogens with zero attached hydrogens (tertiary/aromatic N) is 14. The van der Waals surface area contributed by atoms with E-state index in [-0.39, 0.29) is 0 Å².